The van der Waals surface area contributed by atoms with Gasteiger partial charge in [0, 0.05) is 6.42 Å². The van der Waals surface area contributed by atoms with Gasteiger partial charge in [-0.3, -0.25) is 4.79 Å². The number of fused-ring (bicyclic) bond motifs is 2. The minimum absolute atomic E-state index is 0.00837. The number of Topliss-reactive ketones (excluding diaryl/α,β-unsaturated/α-hetero) is 1. The van der Waals surface area contributed by atoms with Crippen LogP contribution >= 0.6 is 0 Å². The van der Waals surface area contributed by atoms with Crippen LogP contribution in [0.3, 0.4) is 0 Å². The summed E-state index contributed by atoms with van der Waals surface area (Å²) in [6, 6.07) is -1.14. The maximum absolute atomic E-state index is 12.2. The maximum atomic E-state index is 12.2. The third-order valence-corrected chi connectivity index (χ3v) is 5.03. The molecule has 1 saturated carbocycles. The predicted octanol–water partition coefficient (Wildman–Crippen LogP) is -3.95. The van der Waals surface area contributed by atoms with Gasteiger partial charge in [0.2, 0.25) is 6.29 Å². The fourth-order valence-electron chi connectivity index (χ4n) is 3.77. The van der Waals surface area contributed by atoms with Crippen molar-refractivity contribution in [3.05, 3.63) is 0 Å². The zero-order valence-electron chi connectivity index (χ0n) is 13.4. The Hall–Kier alpha value is -0.650. The van der Waals surface area contributed by atoms with Gasteiger partial charge in [-0.25, -0.2) is 0 Å². The minimum atomic E-state index is -2.22. The number of hydrogen-bond donors (Lipinski definition) is 5. The van der Waals surface area contributed by atoms with Gasteiger partial charge in [0.1, 0.15) is 30.5 Å². The van der Waals surface area contributed by atoms with Gasteiger partial charge in [-0.1, -0.05) is 0 Å². The summed E-state index contributed by atoms with van der Waals surface area (Å²) >= 11 is 0. The van der Waals surface area contributed by atoms with Gasteiger partial charge in [0.15, 0.2) is 5.78 Å². The van der Waals surface area contributed by atoms with Crippen molar-refractivity contribution in [3.63, 3.8) is 0 Å². The molecule has 0 aromatic heterocycles. The van der Waals surface area contributed by atoms with Crippen LogP contribution in [0.5, 0.6) is 0 Å². The lowest BCUT2D eigenvalue weighted by Crippen LogP contribution is -2.96. The van der Waals surface area contributed by atoms with Crippen molar-refractivity contribution in [3.8, 4) is 0 Å². The van der Waals surface area contributed by atoms with Crippen molar-refractivity contribution in [1.82, 2.24) is 5.32 Å². The summed E-state index contributed by atoms with van der Waals surface area (Å²) in [5.74, 6) is -2.74. The lowest BCUT2D eigenvalue weighted by molar-refractivity contribution is -0.686. The van der Waals surface area contributed by atoms with E-state index in [1.807, 2.05) is 0 Å². The van der Waals surface area contributed by atoms with Crippen LogP contribution in [0.4, 0.5) is 0 Å². The number of carbonyl (C=O) groups excluding carboxylic acids is 1. The highest BCUT2D eigenvalue weighted by atomic mass is 16.8. The Morgan fingerprint density at radius 3 is 2.57 bits per heavy atom. The zero-order chi connectivity index (χ0) is 16.9. The smallest absolute Gasteiger partial charge is 0.280 e. The molecule has 0 radical (unpaired) electrons. The van der Waals surface area contributed by atoms with Gasteiger partial charge < -0.3 is 40.2 Å². The number of nitrogens with one attached hydrogen (secondary N) is 1. The van der Waals surface area contributed by atoms with E-state index in [-0.39, 0.29) is 6.42 Å². The van der Waals surface area contributed by atoms with Gasteiger partial charge in [-0.05, 0) is 14.0 Å². The molecule has 1 aliphatic carbocycles. The highest BCUT2D eigenvalue weighted by Crippen LogP contribution is 2.39. The topological polar surface area (TPSA) is 134 Å². The molecule has 6 N–H and O–H groups in total. The van der Waals surface area contributed by atoms with Gasteiger partial charge in [-0.2, -0.15) is 0 Å². The molecule has 23 heavy (non-hydrogen) atoms. The summed E-state index contributed by atoms with van der Waals surface area (Å²) < 4.78 is 16.9. The van der Waals surface area contributed by atoms with Gasteiger partial charge in [0.05, 0.1) is 19.2 Å². The molecule has 2 heterocycles. The Morgan fingerprint density at radius 2 is 1.96 bits per heavy atom. The number of likely N-dealkylation sites (N-methyl/N-ethyl adjacent to an activating group) is 2. The number of ketones is 1. The van der Waals surface area contributed by atoms with Crippen molar-refractivity contribution in [2.75, 3.05) is 14.1 Å². The lowest BCUT2D eigenvalue weighted by atomic mass is 9.80. The number of carbonyl (C=O) groups is 1. The highest BCUT2D eigenvalue weighted by molar-refractivity contribution is 5.87. The molecule has 3 fully saturated rings. The van der Waals surface area contributed by atoms with Crippen molar-refractivity contribution >= 4 is 5.78 Å². The van der Waals surface area contributed by atoms with Crippen molar-refractivity contribution in [2.45, 2.75) is 68.0 Å². The van der Waals surface area contributed by atoms with Crippen LogP contribution in [0.1, 0.15) is 13.3 Å². The van der Waals surface area contributed by atoms with E-state index in [0.29, 0.717) is 0 Å². The molecule has 0 spiro atoms. The van der Waals surface area contributed by atoms with Gasteiger partial charge in [0.25, 0.3) is 5.79 Å². The lowest BCUT2D eigenvalue weighted by Gasteiger charge is -2.54. The number of hydrogen-bond acceptors (Lipinski definition) is 8. The molecule has 132 valence electrons. The highest BCUT2D eigenvalue weighted by Gasteiger charge is 2.64. The number of nitrogens with two attached hydrogens (primary N) is 1. The molecule has 0 unspecified atom stereocenters. The number of quaternary nitrogens is 1. The monoisotopic (exact) mass is 333 g/mol. The number of rotatable bonds is 2. The summed E-state index contributed by atoms with van der Waals surface area (Å²) in [4.78, 5) is 12.2. The third kappa shape index (κ3) is 2.52. The molecule has 2 aliphatic heterocycles. The second kappa shape index (κ2) is 6.01. The van der Waals surface area contributed by atoms with E-state index < -0.39 is 60.5 Å². The van der Waals surface area contributed by atoms with Crippen molar-refractivity contribution < 1.29 is 39.6 Å². The van der Waals surface area contributed by atoms with Crippen LogP contribution in [0.2, 0.25) is 0 Å². The number of ether oxygens (including phenoxy) is 3. The average Bonchev–Trinajstić information content (AvgIpc) is 2.49. The summed E-state index contributed by atoms with van der Waals surface area (Å²) in [5.41, 5.74) is 0. The fourth-order valence-corrected chi connectivity index (χ4v) is 3.77. The zero-order valence-corrected chi connectivity index (χ0v) is 13.4. The predicted molar refractivity (Wildman–Crippen MR) is 75.2 cm³/mol. The number of aliphatic hydroxyl groups excluding tert-OH is 2. The standard InChI is InChI=1S/C14H24N2O7/c1-5-4-6(17)14(20)13(21-5)22-12-10(19)7(15-2)9(18)8(16-3)11(12)23-14/h5,7-13,15-16,18-20H,4H2,1-3H3/p+1/t5-,7-,8+,9+,10+,11-,12-,13+,14+/m1/s1. The minimum Gasteiger partial charge on any atom is -0.385 e. The summed E-state index contributed by atoms with van der Waals surface area (Å²) in [6.45, 7) is 1.70. The molecule has 9 heteroatoms. The van der Waals surface area contributed by atoms with E-state index in [2.05, 4.69) is 5.32 Å². The molecule has 9 atom stereocenters. The van der Waals surface area contributed by atoms with Gasteiger partial charge in [-0.15, -0.1) is 0 Å². The molecule has 3 rings (SSSR count). The summed E-state index contributed by atoms with van der Waals surface area (Å²) in [6.07, 6.45) is -5.39. The molecular formula is C14H25N2O7+. The number of aliphatic hydroxyl groups is 3. The largest absolute Gasteiger partial charge is 0.385 e. The molecule has 2 saturated heterocycles. The van der Waals surface area contributed by atoms with Crippen LogP contribution in [0.25, 0.3) is 0 Å². The Bertz CT molecular complexity index is 478. The molecule has 0 aromatic rings. The van der Waals surface area contributed by atoms with E-state index in [1.165, 1.54) is 0 Å². The molecule has 0 aromatic carbocycles. The Morgan fingerprint density at radius 1 is 1.26 bits per heavy atom. The second-order valence-corrected chi connectivity index (χ2v) is 6.49. The van der Waals surface area contributed by atoms with E-state index in [4.69, 9.17) is 14.2 Å². The van der Waals surface area contributed by atoms with Crippen molar-refractivity contribution in [2.24, 2.45) is 0 Å². The van der Waals surface area contributed by atoms with Crippen molar-refractivity contribution in [1.29, 1.82) is 0 Å². The molecule has 9 nitrogen and oxygen atoms in total. The van der Waals surface area contributed by atoms with E-state index in [9.17, 15) is 20.1 Å². The van der Waals surface area contributed by atoms with Crippen LogP contribution in [0, 0.1) is 0 Å². The fraction of sp³-hybridized carbons (Fsp3) is 0.929. The van der Waals surface area contributed by atoms with E-state index in [1.54, 1.807) is 26.3 Å². The summed E-state index contributed by atoms with van der Waals surface area (Å²) in [7, 11) is 3.38. The van der Waals surface area contributed by atoms with Crippen LogP contribution in [0.15, 0.2) is 0 Å². The Labute approximate surface area is 133 Å². The second-order valence-electron chi connectivity index (χ2n) is 6.49. The molecular weight excluding hydrogens is 308 g/mol. The maximum Gasteiger partial charge on any atom is 0.280 e. The SMILES string of the molecule is CN[C@H]1[C@@H](O)[C@@H]([NH2+]C)[C@H](O)[C@H]2O[C@@H]3O[C@H](C)CC(=O)[C@]3(O)O[C@H]12. The molecule has 0 amide bonds. The Balaban J connectivity index is 1.92. The van der Waals surface area contributed by atoms with Crippen LogP contribution < -0.4 is 10.6 Å². The molecule has 3 aliphatic rings. The molecule has 0 bridgehead atoms. The normalized spacial score (nSPS) is 53.6. The van der Waals surface area contributed by atoms with Crippen LogP contribution in [-0.2, 0) is 19.0 Å². The van der Waals surface area contributed by atoms with Crippen LogP contribution in [-0.4, -0.2) is 89.9 Å². The first-order valence-corrected chi connectivity index (χ1v) is 7.90. The first kappa shape index (κ1) is 17.2. The first-order chi connectivity index (χ1) is 10.8. The first-order valence-electron chi connectivity index (χ1n) is 7.90. The Kier molecular flexibility index (Phi) is 4.49. The van der Waals surface area contributed by atoms with E-state index in [0.717, 1.165) is 0 Å². The van der Waals surface area contributed by atoms with Gasteiger partial charge >= 0.3 is 0 Å². The van der Waals surface area contributed by atoms with E-state index >= 15 is 0 Å². The summed E-state index contributed by atoms with van der Waals surface area (Å²) in [5, 5.41) is 36.2. The third-order valence-electron chi connectivity index (χ3n) is 5.03. The quantitative estimate of drug-likeness (QED) is 0.346. The average molecular weight is 333 g/mol.